The van der Waals surface area contributed by atoms with Gasteiger partial charge in [0.1, 0.15) is 5.69 Å². The van der Waals surface area contributed by atoms with Gasteiger partial charge in [0, 0.05) is 29.8 Å². The molecule has 2 aromatic carbocycles. The van der Waals surface area contributed by atoms with Gasteiger partial charge in [0.25, 0.3) is 18.0 Å². The summed E-state index contributed by atoms with van der Waals surface area (Å²) in [5.74, 6) is -0.329. The molecule has 0 atom stereocenters. The average Bonchev–Trinajstić information content (AvgIpc) is 3.44. The topological polar surface area (TPSA) is 84.3 Å². The van der Waals surface area contributed by atoms with Crippen LogP contribution in [0.5, 0.6) is 0 Å². The summed E-state index contributed by atoms with van der Waals surface area (Å²) in [4.78, 5) is 22.8. The van der Waals surface area contributed by atoms with E-state index in [9.17, 15) is 23.7 Å². The fourth-order valence-electron chi connectivity index (χ4n) is 2.45. The number of carbonyl (C=O) groups excluding carboxylic acids is 1. The lowest BCUT2D eigenvalue weighted by molar-refractivity contribution is -0.384. The van der Waals surface area contributed by atoms with Gasteiger partial charge in [0.05, 0.1) is 4.92 Å². The Hall–Kier alpha value is -3.03. The molecule has 0 aromatic heterocycles. The van der Waals surface area contributed by atoms with Crippen LogP contribution in [0.3, 0.4) is 0 Å². The van der Waals surface area contributed by atoms with Crippen LogP contribution in [0.2, 0.25) is 0 Å². The molecule has 26 heavy (non-hydrogen) atoms. The van der Waals surface area contributed by atoms with Gasteiger partial charge in [-0.3, -0.25) is 14.9 Å². The minimum absolute atomic E-state index is 0.0780. The molecule has 1 aliphatic carbocycles. The third-order valence-corrected chi connectivity index (χ3v) is 4.08. The Labute approximate surface area is 148 Å². The van der Waals surface area contributed by atoms with E-state index in [1.807, 2.05) is 0 Å². The van der Waals surface area contributed by atoms with Crippen LogP contribution in [0.15, 0.2) is 42.5 Å². The molecule has 0 bridgehead atoms. The minimum Gasteiger partial charge on any atom is -0.375 e. The highest BCUT2D eigenvalue weighted by atomic mass is 19.3. The number of benzene rings is 2. The SMILES string of the molecule is O=C(NC1CC1)c1ccc(NCc2ccc(C(F)F)cc2)c([N+](=O)[O-])c1. The van der Waals surface area contributed by atoms with Crippen LogP contribution >= 0.6 is 0 Å². The van der Waals surface area contributed by atoms with Crippen LogP contribution in [-0.4, -0.2) is 16.9 Å². The van der Waals surface area contributed by atoms with E-state index in [-0.39, 0.29) is 41.0 Å². The largest absolute Gasteiger partial charge is 0.375 e. The summed E-state index contributed by atoms with van der Waals surface area (Å²) in [5.41, 5.74) is 0.911. The normalized spacial score (nSPS) is 13.5. The molecule has 0 aliphatic heterocycles. The predicted octanol–water partition coefficient (Wildman–Crippen LogP) is 4.04. The number of hydrogen-bond donors (Lipinski definition) is 2. The maximum atomic E-state index is 12.6. The highest BCUT2D eigenvalue weighted by Crippen LogP contribution is 2.27. The van der Waals surface area contributed by atoms with Crippen molar-refractivity contribution < 1.29 is 18.5 Å². The lowest BCUT2D eigenvalue weighted by Crippen LogP contribution is -2.25. The van der Waals surface area contributed by atoms with Crippen LogP contribution in [0, 0.1) is 10.1 Å². The van der Waals surface area contributed by atoms with Crippen molar-refractivity contribution in [3.8, 4) is 0 Å². The van der Waals surface area contributed by atoms with Crippen LogP contribution in [0.25, 0.3) is 0 Å². The zero-order valence-electron chi connectivity index (χ0n) is 13.7. The average molecular weight is 361 g/mol. The highest BCUT2D eigenvalue weighted by Gasteiger charge is 2.25. The first-order valence-electron chi connectivity index (χ1n) is 8.14. The number of hydrogen-bond acceptors (Lipinski definition) is 4. The van der Waals surface area contributed by atoms with E-state index in [0.29, 0.717) is 5.56 Å². The van der Waals surface area contributed by atoms with Crippen molar-refractivity contribution in [2.45, 2.75) is 31.9 Å². The van der Waals surface area contributed by atoms with Crippen molar-refractivity contribution in [3.05, 3.63) is 69.3 Å². The van der Waals surface area contributed by atoms with Crippen LogP contribution in [-0.2, 0) is 6.54 Å². The summed E-state index contributed by atoms with van der Waals surface area (Å²) < 4.78 is 25.1. The first-order chi connectivity index (χ1) is 12.4. The molecule has 1 fully saturated rings. The molecule has 0 saturated heterocycles. The highest BCUT2D eigenvalue weighted by molar-refractivity contribution is 5.96. The predicted molar refractivity (Wildman–Crippen MR) is 92.3 cm³/mol. The third-order valence-electron chi connectivity index (χ3n) is 4.08. The molecule has 1 amide bonds. The molecule has 136 valence electrons. The van der Waals surface area contributed by atoms with Crippen molar-refractivity contribution in [3.63, 3.8) is 0 Å². The lowest BCUT2D eigenvalue weighted by atomic mass is 10.1. The number of halogens is 2. The Bertz CT molecular complexity index is 821. The number of carbonyl (C=O) groups is 1. The Morgan fingerprint density at radius 3 is 2.46 bits per heavy atom. The molecule has 0 spiro atoms. The summed E-state index contributed by atoms with van der Waals surface area (Å²) in [7, 11) is 0. The second kappa shape index (κ2) is 7.47. The van der Waals surface area contributed by atoms with E-state index >= 15 is 0 Å². The molecule has 1 aliphatic rings. The molecular formula is C18H17F2N3O3. The van der Waals surface area contributed by atoms with Gasteiger partial charge in [-0.25, -0.2) is 8.78 Å². The van der Waals surface area contributed by atoms with Gasteiger partial charge in [-0.15, -0.1) is 0 Å². The van der Waals surface area contributed by atoms with Gasteiger partial charge in [0.2, 0.25) is 0 Å². The summed E-state index contributed by atoms with van der Waals surface area (Å²) in [6, 6.07) is 10.1. The molecule has 3 rings (SSSR count). The Morgan fingerprint density at radius 2 is 1.88 bits per heavy atom. The Morgan fingerprint density at radius 1 is 1.19 bits per heavy atom. The molecular weight excluding hydrogens is 344 g/mol. The number of nitrogens with zero attached hydrogens (tertiary/aromatic N) is 1. The first kappa shape index (κ1) is 17.8. The van der Waals surface area contributed by atoms with Crippen LogP contribution in [0.1, 0.15) is 40.8 Å². The molecule has 0 radical (unpaired) electrons. The summed E-state index contributed by atoms with van der Waals surface area (Å²) in [6.45, 7) is 0.234. The van der Waals surface area contributed by atoms with Gasteiger partial charge in [-0.1, -0.05) is 24.3 Å². The fourth-order valence-corrected chi connectivity index (χ4v) is 2.45. The van der Waals surface area contributed by atoms with E-state index in [1.165, 1.54) is 42.5 Å². The number of anilines is 1. The molecule has 2 N–H and O–H groups in total. The van der Waals surface area contributed by atoms with Gasteiger partial charge >= 0.3 is 0 Å². The van der Waals surface area contributed by atoms with Crippen molar-refractivity contribution in [1.82, 2.24) is 5.32 Å². The molecule has 0 unspecified atom stereocenters. The summed E-state index contributed by atoms with van der Waals surface area (Å²) in [5, 5.41) is 17.0. The number of rotatable bonds is 7. The smallest absolute Gasteiger partial charge is 0.293 e. The second-order valence-electron chi connectivity index (χ2n) is 6.13. The quantitative estimate of drug-likeness (QED) is 0.576. The monoisotopic (exact) mass is 361 g/mol. The number of alkyl halides is 2. The van der Waals surface area contributed by atoms with Crippen molar-refractivity contribution in [1.29, 1.82) is 0 Å². The van der Waals surface area contributed by atoms with E-state index in [1.54, 1.807) is 0 Å². The molecule has 6 nitrogen and oxygen atoms in total. The summed E-state index contributed by atoms with van der Waals surface area (Å²) in [6.07, 6.45) is -0.678. The molecule has 2 aromatic rings. The maximum Gasteiger partial charge on any atom is 0.293 e. The zero-order valence-corrected chi connectivity index (χ0v) is 13.7. The van der Waals surface area contributed by atoms with Crippen LogP contribution in [0.4, 0.5) is 20.2 Å². The molecule has 8 heteroatoms. The zero-order chi connectivity index (χ0) is 18.7. The van der Waals surface area contributed by atoms with Crippen molar-refractivity contribution >= 4 is 17.3 Å². The van der Waals surface area contributed by atoms with Crippen molar-refractivity contribution in [2.24, 2.45) is 0 Å². The Balaban J connectivity index is 1.71. The minimum atomic E-state index is -2.53. The third kappa shape index (κ3) is 4.33. The number of nitro groups is 1. The fraction of sp³-hybridized carbons (Fsp3) is 0.278. The second-order valence-corrected chi connectivity index (χ2v) is 6.13. The van der Waals surface area contributed by atoms with E-state index in [2.05, 4.69) is 10.6 Å². The number of amides is 1. The van der Waals surface area contributed by atoms with Gasteiger partial charge in [-0.05, 0) is 30.5 Å². The van der Waals surface area contributed by atoms with Crippen LogP contribution < -0.4 is 10.6 Å². The van der Waals surface area contributed by atoms with Gasteiger partial charge in [0.15, 0.2) is 0 Å². The van der Waals surface area contributed by atoms with E-state index < -0.39 is 11.3 Å². The maximum absolute atomic E-state index is 12.6. The van der Waals surface area contributed by atoms with Gasteiger partial charge in [-0.2, -0.15) is 0 Å². The standard InChI is InChI=1S/C18H17F2N3O3/c19-17(20)12-3-1-11(2-4-12)10-21-15-8-5-13(9-16(15)23(25)26)18(24)22-14-6-7-14/h1-5,8-9,14,17,21H,6-7,10H2,(H,22,24). The molecule has 0 heterocycles. The van der Waals surface area contributed by atoms with Gasteiger partial charge < -0.3 is 10.6 Å². The number of nitro benzene ring substituents is 1. The van der Waals surface area contributed by atoms with E-state index in [4.69, 9.17) is 0 Å². The number of nitrogens with one attached hydrogen (secondary N) is 2. The first-order valence-corrected chi connectivity index (χ1v) is 8.14. The Kier molecular flexibility index (Phi) is 5.11. The lowest BCUT2D eigenvalue weighted by Gasteiger charge is -2.10. The molecule has 1 saturated carbocycles. The van der Waals surface area contributed by atoms with Crippen molar-refractivity contribution in [2.75, 3.05) is 5.32 Å². The summed E-state index contributed by atoms with van der Waals surface area (Å²) >= 11 is 0. The van der Waals surface area contributed by atoms with E-state index in [0.717, 1.165) is 12.8 Å².